The second-order valence-electron chi connectivity index (χ2n) is 29.0. The van der Waals surface area contributed by atoms with Crippen LogP contribution >= 0.6 is 0 Å². The number of nitrogens with two attached hydrogens (primary N) is 3. The molecule has 1 aliphatic rings. The Labute approximate surface area is 680 Å². The van der Waals surface area contributed by atoms with Crippen molar-refractivity contribution >= 4 is 106 Å². The lowest BCUT2D eigenvalue weighted by atomic mass is 10.0. The number of likely N-dealkylation sites (tertiary alicyclic amines) is 1. The van der Waals surface area contributed by atoms with Crippen LogP contribution in [0.15, 0.2) is 97.6 Å². The Morgan fingerprint density at radius 3 is 1.60 bits per heavy atom. The van der Waals surface area contributed by atoms with Gasteiger partial charge in [0.1, 0.15) is 78.3 Å². The van der Waals surface area contributed by atoms with Crippen LogP contribution in [0.25, 0.3) is 10.9 Å². The number of nitrogens with zero attached hydrogens (tertiary/aromatic N) is 2. The Hall–Kier alpha value is -12.6. The van der Waals surface area contributed by atoms with Gasteiger partial charge in [-0.05, 0) is 105 Å². The van der Waals surface area contributed by atoms with Crippen LogP contribution in [0.2, 0.25) is 0 Å². The normalized spacial score (nSPS) is 15.2. The van der Waals surface area contributed by atoms with Gasteiger partial charge in [0.05, 0.1) is 26.1 Å². The molecule has 0 aliphatic carbocycles. The van der Waals surface area contributed by atoms with E-state index in [9.17, 15) is 78.0 Å². The van der Waals surface area contributed by atoms with Crippen molar-refractivity contribution in [1.29, 1.82) is 5.41 Å². The van der Waals surface area contributed by atoms with Crippen molar-refractivity contribution in [3.8, 4) is 5.75 Å². The third-order valence-corrected chi connectivity index (χ3v) is 19.5. The molecule has 1 fully saturated rings. The number of amides is 14. The number of nitrogens with one attached hydrogen (secondary N) is 16. The Bertz CT molecular complexity index is 4240. The second-order valence-corrected chi connectivity index (χ2v) is 29.0. The fourth-order valence-corrected chi connectivity index (χ4v) is 13.1. The lowest BCUT2D eigenvalue weighted by molar-refractivity contribution is -0.142. The van der Waals surface area contributed by atoms with Crippen molar-refractivity contribution in [1.82, 2.24) is 89.0 Å². The smallest absolute Gasteiger partial charge is 0.303 e. The number of carbonyl (C=O) groups excluding carboxylic acids is 14. The molecule has 40 heteroatoms. The highest BCUT2D eigenvalue weighted by Gasteiger charge is 2.41. The number of phenols is 1. The molecule has 118 heavy (non-hydrogen) atoms. The Balaban J connectivity index is 1.25. The third-order valence-electron chi connectivity index (χ3n) is 19.5. The molecule has 3 aromatic carbocycles. The zero-order valence-corrected chi connectivity index (χ0v) is 66.3. The summed E-state index contributed by atoms with van der Waals surface area (Å²) in [5.74, 6) is -15.1. The van der Waals surface area contributed by atoms with E-state index >= 15 is 14.4 Å². The van der Waals surface area contributed by atoms with Crippen molar-refractivity contribution in [3.05, 3.63) is 120 Å². The largest absolute Gasteiger partial charge is 0.508 e. The summed E-state index contributed by atoms with van der Waals surface area (Å²) in [6.45, 7) is 3.96. The summed E-state index contributed by atoms with van der Waals surface area (Å²) in [7, 11) is 0. The number of aromatic hydroxyl groups is 1. The molecule has 642 valence electrons. The van der Waals surface area contributed by atoms with Crippen LogP contribution in [0, 0.1) is 11.3 Å². The molecule has 14 amide bonds. The first-order valence-corrected chi connectivity index (χ1v) is 39.1. The Morgan fingerprint density at radius 1 is 0.559 bits per heavy atom. The van der Waals surface area contributed by atoms with Gasteiger partial charge in [-0.3, -0.25) is 77.3 Å². The molecule has 3 heterocycles. The number of H-pyrrole nitrogens is 2. The number of aliphatic hydroxyl groups is 2. The maximum absolute atomic E-state index is 15.2. The van der Waals surface area contributed by atoms with E-state index in [2.05, 4.69) is 84.1 Å². The van der Waals surface area contributed by atoms with Crippen LogP contribution in [-0.4, -0.2) is 247 Å². The minimum absolute atomic E-state index is 0.00399. The molecule has 26 N–H and O–H groups in total. The maximum atomic E-state index is 15.2. The molecule has 0 saturated carbocycles. The van der Waals surface area contributed by atoms with E-state index in [1.807, 2.05) is 0 Å². The zero-order valence-electron chi connectivity index (χ0n) is 66.3. The topological polar surface area (TPSA) is 643 Å². The monoisotopic (exact) mass is 1650 g/mol. The van der Waals surface area contributed by atoms with Gasteiger partial charge in [-0.15, -0.1) is 0 Å². The van der Waals surface area contributed by atoms with Gasteiger partial charge in [-0.1, -0.05) is 94.3 Å². The molecule has 1 aliphatic heterocycles. The number of guanidine groups is 1. The van der Waals surface area contributed by atoms with Crippen molar-refractivity contribution in [3.63, 3.8) is 0 Å². The van der Waals surface area contributed by atoms with Gasteiger partial charge in [-0.2, -0.15) is 0 Å². The van der Waals surface area contributed by atoms with Gasteiger partial charge in [0, 0.05) is 81.1 Å². The van der Waals surface area contributed by atoms with E-state index in [4.69, 9.17) is 22.6 Å². The van der Waals surface area contributed by atoms with Gasteiger partial charge >= 0.3 is 5.97 Å². The number of benzene rings is 3. The number of carbonyl (C=O) groups is 15. The molecule has 5 aromatic rings. The molecule has 0 radical (unpaired) electrons. The van der Waals surface area contributed by atoms with Crippen molar-refractivity contribution in [2.45, 2.75) is 203 Å². The molecule has 6 rings (SSSR count). The number of hydrogen-bond acceptors (Lipinski definition) is 21. The van der Waals surface area contributed by atoms with Gasteiger partial charge in [0.2, 0.25) is 82.7 Å². The first kappa shape index (κ1) is 94.3. The molecule has 2 aromatic heterocycles. The molecule has 1 saturated heterocycles. The maximum Gasteiger partial charge on any atom is 0.303 e. The molecule has 0 unspecified atom stereocenters. The van der Waals surface area contributed by atoms with Gasteiger partial charge in [0.25, 0.3) is 0 Å². The number of aromatic amines is 2. The quantitative estimate of drug-likeness (QED) is 0.01000. The summed E-state index contributed by atoms with van der Waals surface area (Å²) < 4.78 is 0. The highest BCUT2D eigenvalue weighted by molar-refractivity contribution is 6.00. The SMILES string of the molecule is CCCC[C@H](NC(=O)[C@H](CO)NC(=O)[C@H](Cc1ccc(O)cc1)NC(=O)[C@@H](CO)NC(C)=O)C(=O)N[C@@H](CCC(=O)O)C(=O)N[C@@H](Cc1cnc[nH]1)C(=O)N[C@H](Cc1ccccc1)C(=O)N[C@@H](CCCNC(=N)N)C(=O)N[C@@H](Cc1c[nH]c2ccccc12)C(=O)NCC(=O)N[C@@H](CCCCN)C(=O)N1CCC[C@H]1C(=O)N[C@H](C(N)=O)C(C)C. The number of aromatic nitrogens is 3. The molecule has 0 spiro atoms. The summed E-state index contributed by atoms with van der Waals surface area (Å²) in [6, 6.07) is 3.00. The highest BCUT2D eigenvalue weighted by atomic mass is 16.4. The fourth-order valence-electron chi connectivity index (χ4n) is 13.1. The molecular formula is C78H111N21O19. The zero-order chi connectivity index (χ0) is 86.5. The van der Waals surface area contributed by atoms with Gasteiger partial charge in [0.15, 0.2) is 5.96 Å². The average molecular weight is 1650 g/mol. The van der Waals surface area contributed by atoms with Crippen molar-refractivity contribution < 1.29 is 92.3 Å². The van der Waals surface area contributed by atoms with Crippen molar-refractivity contribution in [2.24, 2.45) is 23.1 Å². The van der Waals surface area contributed by atoms with Gasteiger partial charge < -0.3 is 122 Å². The summed E-state index contributed by atoms with van der Waals surface area (Å²) in [6.07, 6.45) is 3.71. The van der Waals surface area contributed by atoms with Gasteiger partial charge in [-0.25, -0.2) is 4.98 Å². The number of imidazole rings is 1. The number of carboxylic acid groups (broad SMARTS) is 1. The average Bonchev–Trinajstić information content (AvgIpc) is 1.64. The number of hydrogen-bond donors (Lipinski definition) is 23. The summed E-state index contributed by atoms with van der Waals surface area (Å²) in [5, 5.41) is 81.9. The number of fused-ring (bicyclic) bond motifs is 1. The summed E-state index contributed by atoms with van der Waals surface area (Å²) in [5.41, 5.74) is 19.3. The standard InChI is InChI=1S/C78H111N21O19/c1-5-6-19-52(91-75(116)61(41-101)97-72(113)57(34-46-24-26-49(103)27-25-46)94-74(115)60(40-100)88-44(4)102)68(109)92-54(28-29-64(105)106)70(111)96-59(36-48-38-83-42-87-48)73(114)93-56(33-45-16-8-7-9-17-45)71(112)90-53(22-14-31-84-78(81)82)69(110)95-58(35-47-37-85-51-20-11-10-18-50(47)51)67(108)86-39-63(104)89-55(21-12-13-30-79)77(118)99-32-15-23-62(99)76(117)98-65(43(2)3)66(80)107/h7-11,16-18,20,24-27,37-38,42-43,52-62,65,85,100-101,103H,5-6,12-15,19,21-23,28-36,39-41,79H2,1-4H3,(H2,80,107)(H,83,87)(H,86,108)(H,88,102)(H,89,104)(H,90,112)(H,91,116)(H,92,109)(H,93,114)(H,94,115)(H,95,110)(H,96,111)(H,97,113)(H,98,117)(H,105,106)(H4,81,82,84)/t52-,53-,54-,55-,56+,57-,58-,59-,60+,61-,62-,65-/m0/s1. The van der Waals surface area contributed by atoms with Crippen LogP contribution in [0.3, 0.4) is 0 Å². The van der Waals surface area contributed by atoms with E-state index in [1.54, 1.807) is 81.6 Å². The van der Waals surface area contributed by atoms with Crippen LogP contribution < -0.4 is 86.3 Å². The van der Waals surface area contributed by atoms with E-state index in [0.717, 1.165) is 6.92 Å². The van der Waals surface area contributed by atoms with E-state index < -0.39 is 200 Å². The van der Waals surface area contributed by atoms with Crippen LogP contribution in [0.1, 0.15) is 127 Å². The summed E-state index contributed by atoms with van der Waals surface area (Å²) in [4.78, 5) is 220. The third kappa shape index (κ3) is 30.6. The van der Waals surface area contributed by atoms with Crippen LogP contribution in [0.5, 0.6) is 5.75 Å². The van der Waals surface area contributed by atoms with E-state index in [1.165, 1.54) is 41.7 Å². The number of unbranched alkanes of at least 4 members (excludes halogenated alkanes) is 2. The minimum Gasteiger partial charge on any atom is -0.508 e. The predicted molar refractivity (Wildman–Crippen MR) is 428 cm³/mol. The number of aliphatic hydroxyl groups excluding tert-OH is 2. The highest BCUT2D eigenvalue weighted by Crippen LogP contribution is 2.23. The number of carboxylic acids is 1. The minimum atomic E-state index is -1.83. The van der Waals surface area contributed by atoms with E-state index in [0.29, 0.717) is 53.3 Å². The summed E-state index contributed by atoms with van der Waals surface area (Å²) >= 11 is 0. The van der Waals surface area contributed by atoms with Crippen LogP contribution in [-0.2, 0) is 97.6 Å². The van der Waals surface area contributed by atoms with Crippen LogP contribution in [0.4, 0.5) is 0 Å². The van der Waals surface area contributed by atoms with E-state index in [-0.39, 0.29) is 101 Å². The second kappa shape index (κ2) is 48.1. The number of rotatable bonds is 50. The first-order valence-electron chi connectivity index (χ1n) is 39.1. The molecule has 12 atom stereocenters. The first-order chi connectivity index (χ1) is 56.3. The molecule has 0 bridgehead atoms. The number of para-hydroxylation sites is 1. The number of aliphatic carboxylic acids is 1. The Morgan fingerprint density at radius 2 is 1.07 bits per heavy atom. The molecular weight excluding hydrogens is 1530 g/mol. The number of primary amides is 1. The number of phenolic OH excluding ortho intramolecular Hbond substituents is 1. The lowest BCUT2D eigenvalue weighted by Gasteiger charge is -2.30. The fraction of sp³-hybridized carbons (Fsp3) is 0.500. The lowest BCUT2D eigenvalue weighted by Crippen LogP contribution is -2.61. The Kier molecular flexibility index (Phi) is 38.4. The van der Waals surface area contributed by atoms with Crippen molar-refractivity contribution in [2.75, 3.05) is 39.4 Å². The predicted octanol–water partition coefficient (Wildman–Crippen LogP) is -4.10. The molecule has 40 nitrogen and oxygen atoms in total.